The summed E-state index contributed by atoms with van der Waals surface area (Å²) in [6.45, 7) is 2.87. The molecule has 3 rings (SSSR count). The van der Waals surface area contributed by atoms with Crippen molar-refractivity contribution < 1.29 is 19.0 Å². The number of nitrogen functional groups attached to an aromatic ring is 1. The van der Waals surface area contributed by atoms with Gasteiger partial charge in [-0.05, 0) is 6.92 Å². The standard InChI is InChI=1S/C13H18FN5O3/c1-6-7(4-20)22-11(13(6,2)14)19-5-16-8-9(19)17-12(15)18-10(8)21-3/h5-7,11,20H,4H2,1-3H3,(H2,15,17,18)/t6-,7-,11-,13-/m1/s1. The number of aliphatic hydroxyl groups is 1. The highest BCUT2D eigenvalue weighted by Gasteiger charge is 2.53. The van der Waals surface area contributed by atoms with Crippen molar-refractivity contribution in [3.05, 3.63) is 6.33 Å². The first-order valence-corrected chi connectivity index (χ1v) is 6.89. The largest absolute Gasteiger partial charge is 0.479 e. The van der Waals surface area contributed by atoms with Crippen molar-refractivity contribution in [3.8, 4) is 5.88 Å². The van der Waals surface area contributed by atoms with Crippen LogP contribution in [0.3, 0.4) is 0 Å². The van der Waals surface area contributed by atoms with E-state index in [2.05, 4.69) is 15.0 Å². The molecule has 9 heteroatoms. The first-order valence-electron chi connectivity index (χ1n) is 6.89. The fourth-order valence-electron chi connectivity index (χ4n) is 2.76. The lowest BCUT2D eigenvalue weighted by Crippen LogP contribution is -2.34. The summed E-state index contributed by atoms with van der Waals surface area (Å²) in [6, 6.07) is 0. The van der Waals surface area contributed by atoms with E-state index in [9.17, 15) is 5.11 Å². The van der Waals surface area contributed by atoms with Crippen LogP contribution in [-0.4, -0.2) is 50.1 Å². The van der Waals surface area contributed by atoms with E-state index in [-0.39, 0.29) is 18.4 Å². The van der Waals surface area contributed by atoms with Gasteiger partial charge in [-0.25, -0.2) is 9.37 Å². The second-order valence-electron chi connectivity index (χ2n) is 5.56. The first-order chi connectivity index (χ1) is 10.4. The lowest BCUT2D eigenvalue weighted by Gasteiger charge is -2.25. The van der Waals surface area contributed by atoms with Crippen molar-refractivity contribution in [3.63, 3.8) is 0 Å². The molecule has 0 bridgehead atoms. The average molecular weight is 311 g/mol. The van der Waals surface area contributed by atoms with Crippen LogP contribution in [0.15, 0.2) is 6.33 Å². The number of aliphatic hydroxyl groups excluding tert-OH is 1. The van der Waals surface area contributed by atoms with Gasteiger partial charge < -0.3 is 20.3 Å². The van der Waals surface area contributed by atoms with E-state index >= 15 is 4.39 Å². The molecule has 1 fully saturated rings. The minimum absolute atomic E-state index is 0.00332. The molecule has 0 amide bonds. The summed E-state index contributed by atoms with van der Waals surface area (Å²) in [6.07, 6.45) is -0.154. The lowest BCUT2D eigenvalue weighted by molar-refractivity contribution is -0.0565. The predicted octanol–water partition coefficient (Wildman–Crippen LogP) is 0.671. The van der Waals surface area contributed by atoms with Crippen LogP contribution in [-0.2, 0) is 4.74 Å². The number of fused-ring (bicyclic) bond motifs is 1. The SMILES string of the molecule is COc1nc(N)nc2c1ncn2[C@@H]1O[C@H](CO)[C@@H](C)[C@@]1(C)F. The summed E-state index contributed by atoms with van der Waals surface area (Å²) < 4.78 is 27.3. The van der Waals surface area contributed by atoms with E-state index in [1.54, 1.807) is 6.92 Å². The molecule has 1 saturated heterocycles. The molecular weight excluding hydrogens is 293 g/mol. The molecule has 22 heavy (non-hydrogen) atoms. The third kappa shape index (κ3) is 2.00. The summed E-state index contributed by atoms with van der Waals surface area (Å²) in [5.74, 6) is -0.274. The monoisotopic (exact) mass is 311 g/mol. The number of hydrogen-bond acceptors (Lipinski definition) is 7. The highest BCUT2D eigenvalue weighted by Crippen LogP contribution is 2.46. The maximum Gasteiger partial charge on any atom is 0.246 e. The Labute approximate surface area is 126 Å². The van der Waals surface area contributed by atoms with Gasteiger partial charge in [0.15, 0.2) is 23.1 Å². The molecule has 3 N–H and O–H groups in total. The zero-order valence-corrected chi connectivity index (χ0v) is 12.5. The Hall–Kier alpha value is -2.00. The highest BCUT2D eigenvalue weighted by molar-refractivity contribution is 5.77. The van der Waals surface area contributed by atoms with Crippen molar-refractivity contribution in [2.24, 2.45) is 5.92 Å². The lowest BCUT2D eigenvalue weighted by atomic mass is 9.90. The third-order valence-corrected chi connectivity index (χ3v) is 4.27. The summed E-state index contributed by atoms with van der Waals surface area (Å²) in [5.41, 5.74) is 4.65. The second kappa shape index (κ2) is 5.03. The maximum absolute atomic E-state index is 15.1. The number of nitrogens with two attached hydrogens (primary N) is 1. The Morgan fingerprint density at radius 3 is 2.86 bits per heavy atom. The molecule has 0 radical (unpaired) electrons. The molecule has 0 saturated carbocycles. The number of anilines is 1. The molecular formula is C13H18FN5O3. The van der Waals surface area contributed by atoms with Crippen LogP contribution in [0.2, 0.25) is 0 Å². The summed E-state index contributed by atoms with van der Waals surface area (Å²) in [5, 5.41) is 9.34. The second-order valence-corrected chi connectivity index (χ2v) is 5.56. The quantitative estimate of drug-likeness (QED) is 0.857. The van der Waals surface area contributed by atoms with Crippen LogP contribution in [0.25, 0.3) is 11.2 Å². The topological polar surface area (TPSA) is 108 Å². The maximum atomic E-state index is 15.1. The average Bonchev–Trinajstić information content (AvgIpc) is 2.98. The minimum Gasteiger partial charge on any atom is -0.479 e. The molecule has 4 atom stereocenters. The van der Waals surface area contributed by atoms with Crippen molar-refractivity contribution in [1.82, 2.24) is 19.5 Å². The molecule has 0 aromatic carbocycles. The fourth-order valence-corrected chi connectivity index (χ4v) is 2.76. The zero-order valence-electron chi connectivity index (χ0n) is 12.5. The number of aromatic nitrogens is 4. The molecule has 8 nitrogen and oxygen atoms in total. The Morgan fingerprint density at radius 1 is 1.55 bits per heavy atom. The van der Waals surface area contributed by atoms with Gasteiger partial charge in [0.2, 0.25) is 11.8 Å². The van der Waals surface area contributed by atoms with Gasteiger partial charge in [-0.3, -0.25) is 4.57 Å². The van der Waals surface area contributed by atoms with Gasteiger partial charge in [0, 0.05) is 5.92 Å². The third-order valence-electron chi connectivity index (χ3n) is 4.27. The summed E-state index contributed by atoms with van der Waals surface area (Å²) in [4.78, 5) is 12.2. The number of methoxy groups -OCH3 is 1. The van der Waals surface area contributed by atoms with Gasteiger partial charge in [-0.15, -0.1) is 0 Å². The molecule has 0 aliphatic carbocycles. The van der Waals surface area contributed by atoms with Crippen LogP contribution in [0.1, 0.15) is 20.1 Å². The molecule has 1 aliphatic heterocycles. The van der Waals surface area contributed by atoms with Crippen LogP contribution in [0.4, 0.5) is 10.3 Å². The van der Waals surface area contributed by atoms with Crippen LogP contribution < -0.4 is 10.5 Å². The molecule has 120 valence electrons. The predicted molar refractivity (Wildman–Crippen MR) is 76.0 cm³/mol. The van der Waals surface area contributed by atoms with Crippen molar-refractivity contribution in [1.29, 1.82) is 0 Å². The van der Waals surface area contributed by atoms with Crippen LogP contribution in [0, 0.1) is 5.92 Å². The van der Waals surface area contributed by atoms with E-state index in [4.69, 9.17) is 15.2 Å². The van der Waals surface area contributed by atoms with Crippen LogP contribution in [0.5, 0.6) is 5.88 Å². The number of nitrogens with zero attached hydrogens (tertiary/aromatic N) is 4. The fraction of sp³-hybridized carbons (Fsp3) is 0.615. The molecule has 3 heterocycles. The summed E-state index contributed by atoms with van der Waals surface area (Å²) in [7, 11) is 1.44. The van der Waals surface area contributed by atoms with Crippen molar-refractivity contribution >= 4 is 17.1 Å². The number of rotatable bonds is 3. The van der Waals surface area contributed by atoms with Gasteiger partial charge >= 0.3 is 0 Å². The minimum atomic E-state index is -1.70. The van der Waals surface area contributed by atoms with E-state index in [1.165, 1.54) is 24.9 Å². The van der Waals surface area contributed by atoms with Gasteiger partial charge in [0.25, 0.3) is 0 Å². The van der Waals surface area contributed by atoms with Gasteiger partial charge in [0.05, 0.1) is 26.1 Å². The number of alkyl halides is 1. The zero-order chi connectivity index (χ0) is 16.1. The van der Waals surface area contributed by atoms with Gasteiger partial charge in [0.1, 0.15) is 0 Å². The highest BCUT2D eigenvalue weighted by atomic mass is 19.1. The van der Waals surface area contributed by atoms with Crippen LogP contribution >= 0.6 is 0 Å². The Kier molecular flexibility index (Phi) is 3.41. The number of hydrogen-bond donors (Lipinski definition) is 2. The Bertz CT molecular complexity index is 704. The van der Waals surface area contributed by atoms with E-state index in [0.29, 0.717) is 11.2 Å². The smallest absolute Gasteiger partial charge is 0.246 e. The first kappa shape index (κ1) is 14.9. The number of imidazole rings is 1. The molecule has 1 aliphatic rings. The molecule has 0 unspecified atom stereocenters. The van der Waals surface area contributed by atoms with Crippen molar-refractivity contribution in [2.45, 2.75) is 31.8 Å². The summed E-state index contributed by atoms with van der Waals surface area (Å²) >= 11 is 0. The Balaban J connectivity index is 2.13. The molecule has 2 aromatic heterocycles. The Morgan fingerprint density at radius 2 is 2.27 bits per heavy atom. The van der Waals surface area contributed by atoms with E-state index < -0.39 is 23.9 Å². The number of halogens is 1. The van der Waals surface area contributed by atoms with E-state index in [1.807, 2.05) is 0 Å². The molecule has 2 aromatic rings. The van der Waals surface area contributed by atoms with Gasteiger partial charge in [-0.2, -0.15) is 9.97 Å². The van der Waals surface area contributed by atoms with Crippen molar-refractivity contribution in [2.75, 3.05) is 19.5 Å². The normalized spacial score (nSPS) is 31.8. The van der Waals surface area contributed by atoms with Gasteiger partial charge in [-0.1, -0.05) is 6.92 Å². The molecule has 0 spiro atoms. The number of ether oxygens (including phenoxy) is 2. The van der Waals surface area contributed by atoms with E-state index in [0.717, 1.165) is 0 Å².